The number of benzene rings is 1. The van der Waals surface area contributed by atoms with Gasteiger partial charge in [0.15, 0.2) is 0 Å². The van der Waals surface area contributed by atoms with Gasteiger partial charge in [0, 0.05) is 29.5 Å². The first-order chi connectivity index (χ1) is 13.7. The van der Waals surface area contributed by atoms with E-state index < -0.39 is 0 Å². The van der Waals surface area contributed by atoms with Crippen molar-refractivity contribution in [2.24, 2.45) is 11.8 Å². The van der Waals surface area contributed by atoms with Gasteiger partial charge in [0.05, 0.1) is 18.5 Å². The van der Waals surface area contributed by atoms with Gasteiger partial charge in [0.1, 0.15) is 5.75 Å². The number of nitrogens with zero attached hydrogens (tertiary/aromatic N) is 2. The van der Waals surface area contributed by atoms with E-state index in [1.54, 1.807) is 11.8 Å². The SMILES string of the molecule is CSc1ccc(-c2ccc(OCC3CCN(C(=O)C4CCC4)CC3)cn2)cc1. The minimum Gasteiger partial charge on any atom is -0.492 e. The highest BCUT2D eigenvalue weighted by Gasteiger charge is 2.31. The van der Waals surface area contributed by atoms with E-state index >= 15 is 0 Å². The fourth-order valence-corrected chi connectivity index (χ4v) is 4.25. The Balaban J connectivity index is 1.24. The molecule has 0 unspecified atom stereocenters. The summed E-state index contributed by atoms with van der Waals surface area (Å²) in [6.07, 6.45) is 9.36. The molecule has 0 bridgehead atoms. The molecule has 2 aliphatic rings. The van der Waals surface area contributed by atoms with Crippen LogP contribution in [0.15, 0.2) is 47.5 Å². The maximum atomic E-state index is 12.3. The lowest BCUT2D eigenvalue weighted by molar-refractivity contribution is -0.139. The van der Waals surface area contributed by atoms with Crippen LogP contribution < -0.4 is 4.74 Å². The quantitative estimate of drug-likeness (QED) is 0.652. The summed E-state index contributed by atoms with van der Waals surface area (Å²) in [5, 5.41) is 0. The molecule has 4 nitrogen and oxygen atoms in total. The fraction of sp³-hybridized carbons (Fsp3) is 0.478. The molecular weight excluding hydrogens is 368 g/mol. The highest BCUT2D eigenvalue weighted by molar-refractivity contribution is 7.98. The summed E-state index contributed by atoms with van der Waals surface area (Å²) in [4.78, 5) is 20.2. The molecule has 0 radical (unpaired) electrons. The van der Waals surface area contributed by atoms with Gasteiger partial charge in [-0.2, -0.15) is 0 Å². The van der Waals surface area contributed by atoms with Crippen LogP contribution in [0.3, 0.4) is 0 Å². The number of aromatic nitrogens is 1. The Morgan fingerprint density at radius 2 is 1.86 bits per heavy atom. The molecular formula is C23H28N2O2S. The van der Waals surface area contributed by atoms with Crippen LogP contribution >= 0.6 is 11.8 Å². The zero-order valence-electron chi connectivity index (χ0n) is 16.5. The van der Waals surface area contributed by atoms with Gasteiger partial charge >= 0.3 is 0 Å². The van der Waals surface area contributed by atoms with Crippen molar-refractivity contribution in [3.05, 3.63) is 42.6 Å². The number of carbonyl (C=O) groups is 1. The first-order valence-corrected chi connectivity index (χ1v) is 11.5. The molecule has 1 amide bonds. The van der Waals surface area contributed by atoms with Gasteiger partial charge in [-0.25, -0.2) is 0 Å². The van der Waals surface area contributed by atoms with Gasteiger partial charge < -0.3 is 9.64 Å². The van der Waals surface area contributed by atoms with Crippen molar-refractivity contribution in [2.45, 2.75) is 37.0 Å². The summed E-state index contributed by atoms with van der Waals surface area (Å²) in [6.45, 7) is 2.47. The summed E-state index contributed by atoms with van der Waals surface area (Å²) >= 11 is 1.74. The number of likely N-dealkylation sites (tertiary alicyclic amines) is 1. The molecule has 148 valence electrons. The Morgan fingerprint density at radius 3 is 2.43 bits per heavy atom. The standard InChI is InChI=1S/C23H28N2O2S/c1-28-21-8-5-18(6-9-21)22-10-7-20(15-24-22)27-16-17-11-13-25(14-12-17)23(26)19-3-2-4-19/h5-10,15,17,19H,2-4,11-14,16H2,1H3. The Bertz CT molecular complexity index is 779. The Morgan fingerprint density at radius 1 is 1.11 bits per heavy atom. The second-order valence-electron chi connectivity index (χ2n) is 7.82. The number of piperidine rings is 1. The predicted molar refractivity (Wildman–Crippen MR) is 114 cm³/mol. The molecule has 0 spiro atoms. The predicted octanol–water partition coefficient (Wildman–Crippen LogP) is 4.89. The normalized spacial score (nSPS) is 18.0. The molecule has 1 saturated carbocycles. The fourth-order valence-electron chi connectivity index (χ4n) is 3.85. The van der Waals surface area contributed by atoms with E-state index in [1.807, 2.05) is 18.3 Å². The maximum absolute atomic E-state index is 12.3. The Kier molecular flexibility index (Phi) is 6.20. The lowest BCUT2D eigenvalue weighted by Crippen LogP contribution is -2.44. The number of amides is 1. The maximum Gasteiger partial charge on any atom is 0.225 e. The number of pyridine rings is 1. The van der Waals surface area contributed by atoms with Crippen LogP contribution in [0.5, 0.6) is 5.75 Å². The third kappa shape index (κ3) is 4.52. The average Bonchev–Trinajstić information content (AvgIpc) is 2.72. The van der Waals surface area contributed by atoms with E-state index in [2.05, 4.69) is 40.4 Å². The molecule has 4 rings (SSSR count). The molecule has 0 N–H and O–H groups in total. The monoisotopic (exact) mass is 396 g/mol. The molecule has 2 aromatic rings. The van der Waals surface area contributed by atoms with E-state index in [-0.39, 0.29) is 0 Å². The van der Waals surface area contributed by atoms with Crippen LogP contribution in [0.2, 0.25) is 0 Å². The molecule has 28 heavy (non-hydrogen) atoms. The number of hydrogen-bond donors (Lipinski definition) is 0. The van der Waals surface area contributed by atoms with Gasteiger partial charge in [0.25, 0.3) is 0 Å². The molecule has 5 heteroatoms. The number of ether oxygens (including phenoxy) is 1. The van der Waals surface area contributed by atoms with Gasteiger partial charge in [-0.1, -0.05) is 18.6 Å². The first kappa shape index (κ1) is 19.3. The van der Waals surface area contributed by atoms with E-state index in [9.17, 15) is 4.79 Å². The molecule has 0 atom stereocenters. The van der Waals surface area contributed by atoms with Crippen LogP contribution in [0, 0.1) is 11.8 Å². The molecule has 1 aromatic carbocycles. The average molecular weight is 397 g/mol. The topological polar surface area (TPSA) is 42.4 Å². The number of rotatable bonds is 6. The highest BCUT2D eigenvalue weighted by Crippen LogP contribution is 2.30. The molecule has 1 aliphatic heterocycles. The highest BCUT2D eigenvalue weighted by atomic mass is 32.2. The van der Waals surface area contributed by atoms with E-state index in [1.165, 1.54) is 11.3 Å². The smallest absolute Gasteiger partial charge is 0.225 e. The zero-order chi connectivity index (χ0) is 19.3. The van der Waals surface area contributed by atoms with Crippen molar-refractivity contribution in [1.82, 2.24) is 9.88 Å². The van der Waals surface area contributed by atoms with Gasteiger partial charge in [-0.15, -0.1) is 11.8 Å². The minimum atomic E-state index is 0.314. The van der Waals surface area contributed by atoms with Crippen LogP contribution in [-0.2, 0) is 4.79 Å². The van der Waals surface area contributed by atoms with Crippen molar-refractivity contribution < 1.29 is 9.53 Å². The van der Waals surface area contributed by atoms with E-state index in [0.29, 0.717) is 24.3 Å². The summed E-state index contributed by atoms with van der Waals surface area (Å²) in [6, 6.07) is 12.5. The summed E-state index contributed by atoms with van der Waals surface area (Å²) in [5.41, 5.74) is 2.08. The van der Waals surface area contributed by atoms with Crippen LogP contribution in [0.4, 0.5) is 0 Å². The second-order valence-corrected chi connectivity index (χ2v) is 8.69. The Labute approximate surface area is 171 Å². The van der Waals surface area contributed by atoms with Crippen molar-refractivity contribution in [1.29, 1.82) is 0 Å². The first-order valence-electron chi connectivity index (χ1n) is 10.2. The van der Waals surface area contributed by atoms with Gasteiger partial charge in [-0.05, 0) is 62.1 Å². The number of thioether (sulfide) groups is 1. The molecule has 1 aliphatic carbocycles. The summed E-state index contributed by atoms with van der Waals surface area (Å²) in [7, 11) is 0. The summed E-state index contributed by atoms with van der Waals surface area (Å²) < 4.78 is 5.98. The van der Waals surface area contributed by atoms with Crippen LogP contribution in [0.25, 0.3) is 11.3 Å². The van der Waals surface area contributed by atoms with Crippen molar-refractivity contribution in [3.63, 3.8) is 0 Å². The van der Waals surface area contributed by atoms with Crippen LogP contribution in [0.1, 0.15) is 32.1 Å². The van der Waals surface area contributed by atoms with Crippen molar-refractivity contribution in [3.8, 4) is 17.0 Å². The van der Waals surface area contributed by atoms with Crippen molar-refractivity contribution in [2.75, 3.05) is 26.0 Å². The summed E-state index contributed by atoms with van der Waals surface area (Å²) in [5.74, 6) is 2.03. The van der Waals surface area contributed by atoms with E-state index in [4.69, 9.17) is 4.74 Å². The van der Waals surface area contributed by atoms with Gasteiger partial charge in [-0.3, -0.25) is 9.78 Å². The van der Waals surface area contributed by atoms with E-state index in [0.717, 1.165) is 55.8 Å². The number of hydrogen-bond acceptors (Lipinski definition) is 4. The molecule has 2 heterocycles. The molecule has 1 aromatic heterocycles. The van der Waals surface area contributed by atoms with Gasteiger partial charge in [0.2, 0.25) is 5.91 Å². The lowest BCUT2D eigenvalue weighted by atomic mass is 9.83. The lowest BCUT2D eigenvalue weighted by Gasteiger charge is -2.36. The third-order valence-corrected chi connectivity index (χ3v) is 6.73. The van der Waals surface area contributed by atoms with Crippen molar-refractivity contribution >= 4 is 17.7 Å². The molecule has 2 fully saturated rings. The number of carbonyl (C=O) groups excluding carboxylic acids is 1. The Hall–Kier alpha value is -2.01. The largest absolute Gasteiger partial charge is 0.492 e. The zero-order valence-corrected chi connectivity index (χ0v) is 17.3. The minimum absolute atomic E-state index is 0.314. The van der Waals surface area contributed by atoms with Crippen LogP contribution in [-0.4, -0.2) is 41.7 Å². The molecule has 1 saturated heterocycles. The third-order valence-electron chi connectivity index (χ3n) is 5.99. The second kappa shape index (κ2) is 8.99.